The van der Waals surface area contributed by atoms with Crippen LogP contribution in [0.3, 0.4) is 0 Å². The molecular weight excluding hydrogens is 398 g/mol. The van der Waals surface area contributed by atoms with E-state index in [4.69, 9.17) is 8.94 Å². The molecule has 30 heavy (non-hydrogen) atoms. The van der Waals surface area contributed by atoms with Crippen LogP contribution in [-0.4, -0.2) is 24.2 Å². The lowest BCUT2D eigenvalue weighted by molar-refractivity contribution is -0.122. The predicted molar refractivity (Wildman–Crippen MR) is 116 cm³/mol. The molecule has 3 aromatic rings. The largest absolute Gasteiger partial charge is 0.467 e. The standard InChI is InChI=1S/C23H27N3O3S/c27-23(25-15-20-5-4-10-28-20)12-17-8-9-24-14-18(17)11-19-13-21(29-26-19)16-30-22-6-2-1-3-7-22/h1-7,10,13,17-18,24H,8-9,11-12,14-16H2,(H,25,27). The number of thioether (sulfide) groups is 1. The Kier molecular flexibility index (Phi) is 7.26. The number of hydrogen-bond acceptors (Lipinski definition) is 6. The van der Waals surface area contributed by atoms with Gasteiger partial charge in [0.25, 0.3) is 0 Å². The lowest BCUT2D eigenvalue weighted by Gasteiger charge is -2.31. The van der Waals surface area contributed by atoms with Crippen LogP contribution in [0.5, 0.6) is 0 Å². The van der Waals surface area contributed by atoms with E-state index >= 15 is 0 Å². The molecule has 7 heteroatoms. The molecule has 1 amide bonds. The summed E-state index contributed by atoms with van der Waals surface area (Å²) in [4.78, 5) is 13.6. The number of furan rings is 1. The first-order valence-electron chi connectivity index (χ1n) is 10.4. The fraction of sp³-hybridized carbons (Fsp3) is 0.391. The van der Waals surface area contributed by atoms with Crippen LogP contribution in [0.4, 0.5) is 0 Å². The molecule has 2 unspecified atom stereocenters. The number of benzene rings is 1. The minimum absolute atomic E-state index is 0.0726. The van der Waals surface area contributed by atoms with Gasteiger partial charge in [-0.15, -0.1) is 11.8 Å². The first-order chi connectivity index (χ1) is 14.8. The lowest BCUT2D eigenvalue weighted by atomic mass is 9.81. The number of nitrogens with zero attached hydrogens (tertiary/aromatic N) is 1. The molecule has 0 radical (unpaired) electrons. The molecule has 1 aromatic carbocycles. The smallest absolute Gasteiger partial charge is 0.220 e. The van der Waals surface area contributed by atoms with Crippen LogP contribution in [0.2, 0.25) is 0 Å². The van der Waals surface area contributed by atoms with Gasteiger partial charge in [0.15, 0.2) is 0 Å². The Morgan fingerprint density at radius 3 is 2.90 bits per heavy atom. The van der Waals surface area contributed by atoms with E-state index in [1.807, 2.05) is 30.3 Å². The second-order valence-corrected chi connectivity index (χ2v) is 8.71. The maximum Gasteiger partial charge on any atom is 0.220 e. The van der Waals surface area contributed by atoms with Crippen molar-refractivity contribution in [3.8, 4) is 0 Å². The molecule has 2 N–H and O–H groups in total. The molecule has 0 aliphatic carbocycles. The first-order valence-corrected chi connectivity index (χ1v) is 11.4. The molecule has 2 atom stereocenters. The van der Waals surface area contributed by atoms with E-state index in [0.29, 0.717) is 24.8 Å². The van der Waals surface area contributed by atoms with Crippen LogP contribution in [0.15, 0.2) is 68.6 Å². The van der Waals surface area contributed by atoms with Crippen molar-refractivity contribution in [1.29, 1.82) is 0 Å². The minimum atomic E-state index is 0.0726. The fourth-order valence-electron chi connectivity index (χ4n) is 3.85. The van der Waals surface area contributed by atoms with Gasteiger partial charge < -0.3 is 19.6 Å². The third kappa shape index (κ3) is 6.00. The Labute approximate surface area is 180 Å². The zero-order chi connectivity index (χ0) is 20.6. The van der Waals surface area contributed by atoms with Gasteiger partial charge in [-0.05, 0) is 62.0 Å². The Bertz CT molecular complexity index is 911. The van der Waals surface area contributed by atoms with E-state index in [-0.39, 0.29) is 5.91 Å². The van der Waals surface area contributed by atoms with Crippen LogP contribution in [0.1, 0.15) is 30.1 Å². The van der Waals surface area contributed by atoms with Gasteiger partial charge in [0.2, 0.25) is 5.91 Å². The number of piperidine rings is 1. The van der Waals surface area contributed by atoms with Crippen molar-refractivity contribution in [3.05, 3.63) is 72.0 Å². The van der Waals surface area contributed by atoms with E-state index in [9.17, 15) is 4.79 Å². The van der Waals surface area contributed by atoms with Crippen LogP contribution in [0.25, 0.3) is 0 Å². The summed E-state index contributed by atoms with van der Waals surface area (Å²) in [5.74, 6) is 3.19. The van der Waals surface area contributed by atoms with Crippen LogP contribution in [0, 0.1) is 11.8 Å². The Balaban J connectivity index is 1.27. The Morgan fingerprint density at radius 2 is 2.07 bits per heavy atom. The summed E-state index contributed by atoms with van der Waals surface area (Å²) in [5, 5.41) is 10.7. The number of rotatable bonds is 9. The van der Waals surface area contributed by atoms with Crippen molar-refractivity contribution in [3.63, 3.8) is 0 Å². The molecule has 3 heterocycles. The molecule has 2 aromatic heterocycles. The van der Waals surface area contributed by atoms with Gasteiger partial charge in [-0.3, -0.25) is 4.79 Å². The number of amides is 1. The average Bonchev–Trinajstić information content (AvgIpc) is 3.45. The molecule has 0 saturated carbocycles. The molecule has 1 saturated heterocycles. The van der Waals surface area contributed by atoms with Gasteiger partial charge in [-0.1, -0.05) is 23.4 Å². The van der Waals surface area contributed by atoms with E-state index in [1.165, 1.54) is 4.90 Å². The molecular formula is C23H27N3O3S. The zero-order valence-corrected chi connectivity index (χ0v) is 17.7. The van der Waals surface area contributed by atoms with Crippen molar-refractivity contribution in [2.75, 3.05) is 13.1 Å². The van der Waals surface area contributed by atoms with Crippen LogP contribution >= 0.6 is 11.8 Å². The third-order valence-electron chi connectivity index (χ3n) is 5.46. The highest BCUT2D eigenvalue weighted by molar-refractivity contribution is 7.98. The summed E-state index contributed by atoms with van der Waals surface area (Å²) < 4.78 is 10.8. The van der Waals surface area contributed by atoms with E-state index in [1.54, 1.807) is 18.0 Å². The van der Waals surface area contributed by atoms with E-state index in [2.05, 4.69) is 34.0 Å². The number of hydrogen-bond donors (Lipinski definition) is 2. The van der Waals surface area contributed by atoms with Crippen molar-refractivity contribution < 1.29 is 13.7 Å². The normalized spacial score (nSPS) is 18.9. The van der Waals surface area contributed by atoms with Gasteiger partial charge in [0.05, 0.1) is 24.3 Å². The molecule has 158 valence electrons. The van der Waals surface area contributed by atoms with E-state index < -0.39 is 0 Å². The number of aromatic nitrogens is 1. The highest BCUT2D eigenvalue weighted by atomic mass is 32.2. The number of nitrogens with one attached hydrogen (secondary N) is 2. The van der Waals surface area contributed by atoms with Crippen molar-refractivity contribution in [2.24, 2.45) is 11.8 Å². The highest BCUT2D eigenvalue weighted by Gasteiger charge is 2.28. The summed E-state index contributed by atoms with van der Waals surface area (Å²) in [6.07, 6.45) is 3.96. The first kappa shape index (κ1) is 20.8. The highest BCUT2D eigenvalue weighted by Crippen LogP contribution is 2.27. The SMILES string of the molecule is O=C(CC1CCNCC1Cc1cc(CSc2ccccc2)on1)NCc1ccco1. The summed E-state index contributed by atoms with van der Waals surface area (Å²) in [5.41, 5.74) is 0.966. The quantitative estimate of drug-likeness (QED) is 0.504. The molecule has 0 bridgehead atoms. The van der Waals surface area contributed by atoms with Crippen LogP contribution in [-0.2, 0) is 23.5 Å². The van der Waals surface area contributed by atoms with Crippen LogP contribution < -0.4 is 10.6 Å². The predicted octanol–water partition coefficient (Wildman–Crippen LogP) is 4.03. The molecule has 1 aliphatic rings. The van der Waals surface area contributed by atoms with Gasteiger partial charge in [0.1, 0.15) is 11.5 Å². The Morgan fingerprint density at radius 1 is 1.17 bits per heavy atom. The summed E-state index contributed by atoms with van der Waals surface area (Å²) in [6, 6.07) is 16.0. The van der Waals surface area contributed by atoms with Gasteiger partial charge in [-0.2, -0.15) is 0 Å². The molecule has 4 rings (SSSR count). The van der Waals surface area contributed by atoms with Crippen molar-refractivity contribution in [1.82, 2.24) is 15.8 Å². The number of carbonyl (C=O) groups is 1. The zero-order valence-electron chi connectivity index (χ0n) is 16.9. The summed E-state index contributed by atoms with van der Waals surface area (Å²) in [6.45, 7) is 2.29. The minimum Gasteiger partial charge on any atom is -0.467 e. The fourth-order valence-corrected chi connectivity index (χ4v) is 4.65. The van der Waals surface area contributed by atoms with Crippen molar-refractivity contribution >= 4 is 17.7 Å². The average molecular weight is 426 g/mol. The topological polar surface area (TPSA) is 80.3 Å². The third-order valence-corrected chi connectivity index (χ3v) is 6.49. The second-order valence-electron chi connectivity index (χ2n) is 7.66. The maximum absolute atomic E-state index is 12.4. The molecule has 0 spiro atoms. The molecule has 6 nitrogen and oxygen atoms in total. The Hall–Kier alpha value is -2.51. The van der Waals surface area contributed by atoms with Gasteiger partial charge >= 0.3 is 0 Å². The summed E-state index contributed by atoms with van der Waals surface area (Å²) >= 11 is 1.74. The molecule has 1 fully saturated rings. The van der Waals surface area contributed by atoms with Gasteiger partial charge in [-0.25, -0.2) is 0 Å². The second kappa shape index (κ2) is 10.5. The monoisotopic (exact) mass is 425 g/mol. The summed E-state index contributed by atoms with van der Waals surface area (Å²) in [7, 11) is 0. The van der Waals surface area contributed by atoms with Gasteiger partial charge in [0, 0.05) is 17.4 Å². The lowest BCUT2D eigenvalue weighted by Crippen LogP contribution is -2.40. The molecule has 1 aliphatic heterocycles. The van der Waals surface area contributed by atoms with Crippen molar-refractivity contribution in [2.45, 2.75) is 36.5 Å². The van der Waals surface area contributed by atoms with E-state index in [0.717, 1.165) is 48.9 Å². The maximum atomic E-state index is 12.4. The number of carbonyl (C=O) groups excluding carboxylic acids is 1.